The van der Waals surface area contributed by atoms with Crippen molar-refractivity contribution in [1.29, 1.82) is 0 Å². The highest BCUT2D eigenvalue weighted by atomic mass is 16.2. The minimum atomic E-state index is -0.189. The number of rotatable bonds is 4. The van der Waals surface area contributed by atoms with Crippen LogP contribution < -0.4 is 16.0 Å². The zero-order valence-corrected chi connectivity index (χ0v) is 10.7. The van der Waals surface area contributed by atoms with E-state index in [0.29, 0.717) is 13.1 Å². The van der Waals surface area contributed by atoms with Crippen molar-refractivity contribution in [2.45, 2.75) is 13.0 Å². The number of hydrogen-bond donors (Lipinski definition) is 3. The molecule has 0 bridgehead atoms. The Morgan fingerprint density at radius 3 is 2.71 bits per heavy atom. The minimum absolute atomic E-state index is 0.0351. The van der Waals surface area contributed by atoms with E-state index in [9.17, 15) is 9.59 Å². The Morgan fingerprint density at radius 2 is 2.18 bits per heavy atom. The first-order chi connectivity index (χ1) is 8.06. The molecule has 0 aromatic rings. The van der Waals surface area contributed by atoms with Crippen molar-refractivity contribution in [3.05, 3.63) is 0 Å². The van der Waals surface area contributed by atoms with Gasteiger partial charge in [-0.15, -0.1) is 0 Å². The quantitative estimate of drug-likeness (QED) is 0.554. The number of amides is 2. The van der Waals surface area contributed by atoms with Crippen molar-refractivity contribution in [3.8, 4) is 0 Å². The maximum Gasteiger partial charge on any atom is 0.240 e. The van der Waals surface area contributed by atoms with E-state index in [2.05, 4.69) is 16.0 Å². The number of carbonyl (C=O) groups is 2. The summed E-state index contributed by atoms with van der Waals surface area (Å²) in [4.78, 5) is 25.0. The van der Waals surface area contributed by atoms with E-state index in [4.69, 9.17) is 0 Å². The molecule has 0 aromatic carbocycles. The molecule has 3 N–H and O–H groups in total. The van der Waals surface area contributed by atoms with Crippen LogP contribution in [0.2, 0.25) is 0 Å². The number of nitrogens with one attached hydrogen (secondary N) is 3. The van der Waals surface area contributed by atoms with Gasteiger partial charge in [0.05, 0.1) is 12.0 Å². The van der Waals surface area contributed by atoms with Gasteiger partial charge in [0.2, 0.25) is 11.8 Å². The van der Waals surface area contributed by atoms with Crippen LogP contribution in [0.3, 0.4) is 0 Å². The molecule has 0 aliphatic carbocycles. The highest BCUT2D eigenvalue weighted by Crippen LogP contribution is 2.01. The molecule has 98 valence electrons. The SMILES string of the molecule is CNC(=O)C(C)CN(C)C(=O)C1CNCCN1. The summed E-state index contributed by atoms with van der Waals surface area (Å²) in [6.07, 6.45) is 0. The lowest BCUT2D eigenvalue weighted by Crippen LogP contribution is -2.56. The first kappa shape index (κ1) is 13.9. The summed E-state index contributed by atoms with van der Waals surface area (Å²) in [6, 6.07) is -0.175. The summed E-state index contributed by atoms with van der Waals surface area (Å²) in [7, 11) is 3.34. The van der Waals surface area contributed by atoms with Gasteiger partial charge in [-0.05, 0) is 0 Å². The normalized spacial score (nSPS) is 21.7. The highest BCUT2D eigenvalue weighted by Gasteiger charge is 2.25. The summed E-state index contributed by atoms with van der Waals surface area (Å²) >= 11 is 0. The lowest BCUT2D eigenvalue weighted by atomic mass is 10.1. The molecule has 2 amide bonds. The van der Waals surface area contributed by atoms with Crippen LogP contribution >= 0.6 is 0 Å². The maximum absolute atomic E-state index is 12.0. The molecule has 1 aliphatic heterocycles. The zero-order chi connectivity index (χ0) is 12.8. The molecule has 1 heterocycles. The summed E-state index contributed by atoms with van der Waals surface area (Å²) < 4.78 is 0. The Morgan fingerprint density at radius 1 is 1.47 bits per heavy atom. The van der Waals surface area contributed by atoms with Crippen LogP contribution in [0.15, 0.2) is 0 Å². The van der Waals surface area contributed by atoms with Crippen LogP contribution in [0, 0.1) is 5.92 Å². The van der Waals surface area contributed by atoms with Crippen LogP contribution in [0.25, 0.3) is 0 Å². The number of hydrogen-bond acceptors (Lipinski definition) is 4. The highest BCUT2D eigenvalue weighted by molar-refractivity contribution is 5.83. The average Bonchev–Trinajstić information content (AvgIpc) is 2.37. The van der Waals surface area contributed by atoms with Gasteiger partial charge in [-0.1, -0.05) is 6.92 Å². The van der Waals surface area contributed by atoms with Crippen LogP contribution in [0.5, 0.6) is 0 Å². The van der Waals surface area contributed by atoms with Crippen LogP contribution in [-0.4, -0.2) is 63.0 Å². The molecule has 6 heteroatoms. The molecule has 0 aromatic heterocycles. The van der Waals surface area contributed by atoms with Crippen molar-refractivity contribution >= 4 is 11.8 Å². The molecule has 1 fully saturated rings. The van der Waals surface area contributed by atoms with Gasteiger partial charge >= 0.3 is 0 Å². The van der Waals surface area contributed by atoms with Crippen molar-refractivity contribution in [3.63, 3.8) is 0 Å². The largest absolute Gasteiger partial charge is 0.359 e. The van der Waals surface area contributed by atoms with E-state index < -0.39 is 0 Å². The Bertz CT molecular complexity index is 277. The van der Waals surface area contributed by atoms with Crippen molar-refractivity contribution in [2.24, 2.45) is 5.92 Å². The molecule has 2 atom stereocenters. The first-order valence-corrected chi connectivity index (χ1v) is 5.97. The van der Waals surface area contributed by atoms with E-state index >= 15 is 0 Å². The van der Waals surface area contributed by atoms with Gasteiger partial charge in [0.15, 0.2) is 0 Å². The van der Waals surface area contributed by atoms with E-state index in [0.717, 1.165) is 13.1 Å². The number of piperazine rings is 1. The van der Waals surface area contributed by atoms with E-state index in [1.54, 1.807) is 19.0 Å². The Labute approximate surface area is 102 Å². The minimum Gasteiger partial charge on any atom is -0.359 e. The molecule has 1 aliphatic rings. The topological polar surface area (TPSA) is 73.5 Å². The lowest BCUT2D eigenvalue weighted by Gasteiger charge is -2.29. The second-order valence-electron chi connectivity index (χ2n) is 4.44. The van der Waals surface area contributed by atoms with Gasteiger partial charge in [0, 0.05) is 40.3 Å². The molecular formula is C11H22N4O2. The van der Waals surface area contributed by atoms with E-state index in [1.807, 2.05) is 6.92 Å². The number of carbonyl (C=O) groups excluding carboxylic acids is 2. The molecule has 1 saturated heterocycles. The molecule has 0 radical (unpaired) electrons. The van der Waals surface area contributed by atoms with Crippen LogP contribution in [0.1, 0.15) is 6.92 Å². The fraction of sp³-hybridized carbons (Fsp3) is 0.818. The molecular weight excluding hydrogens is 220 g/mol. The summed E-state index contributed by atoms with van der Waals surface area (Å²) in [5, 5.41) is 8.91. The monoisotopic (exact) mass is 242 g/mol. The second-order valence-corrected chi connectivity index (χ2v) is 4.44. The smallest absolute Gasteiger partial charge is 0.240 e. The Balaban J connectivity index is 2.43. The van der Waals surface area contributed by atoms with Crippen molar-refractivity contribution < 1.29 is 9.59 Å². The van der Waals surface area contributed by atoms with Gasteiger partial charge in [-0.3, -0.25) is 9.59 Å². The predicted octanol–water partition coefficient (Wildman–Crippen LogP) is -1.61. The molecule has 0 saturated carbocycles. The van der Waals surface area contributed by atoms with E-state index in [1.165, 1.54) is 0 Å². The van der Waals surface area contributed by atoms with Gasteiger partial charge < -0.3 is 20.9 Å². The summed E-state index contributed by atoms with van der Waals surface area (Å²) in [5.41, 5.74) is 0. The van der Waals surface area contributed by atoms with Gasteiger partial charge in [-0.2, -0.15) is 0 Å². The van der Waals surface area contributed by atoms with Gasteiger partial charge in [-0.25, -0.2) is 0 Å². The summed E-state index contributed by atoms with van der Waals surface area (Å²) in [5.74, 6) is -0.196. The number of likely N-dealkylation sites (N-methyl/N-ethyl adjacent to an activating group) is 1. The third-order valence-electron chi connectivity index (χ3n) is 2.96. The van der Waals surface area contributed by atoms with Crippen molar-refractivity contribution in [1.82, 2.24) is 20.9 Å². The Hall–Kier alpha value is -1.14. The maximum atomic E-state index is 12.0. The third-order valence-corrected chi connectivity index (χ3v) is 2.96. The van der Waals surface area contributed by atoms with E-state index in [-0.39, 0.29) is 23.8 Å². The predicted molar refractivity (Wildman–Crippen MR) is 65.5 cm³/mol. The molecule has 6 nitrogen and oxygen atoms in total. The molecule has 2 unspecified atom stereocenters. The standard InChI is InChI=1S/C11H22N4O2/c1-8(10(16)12-2)7-15(3)11(17)9-6-13-4-5-14-9/h8-9,13-14H,4-7H2,1-3H3,(H,12,16). The molecule has 0 spiro atoms. The molecule has 1 rings (SSSR count). The van der Waals surface area contributed by atoms with Crippen molar-refractivity contribution in [2.75, 3.05) is 40.3 Å². The second kappa shape index (κ2) is 6.56. The van der Waals surface area contributed by atoms with Gasteiger partial charge in [0.1, 0.15) is 0 Å². The first-order valence-electron chi connectivity index (χ1n) is 5.97. The van der Waals surface area contributed by atoms with Crippen LogP contribution in [0.4, 0.5) is 0 Å². The fourth-order valence-corrected chi connectivity index (χ4v) is 1.92. The zero-order valence-electron chi connectivity index (χ0n) is 10.7. The van der Waals surface area contributed by atoms with Gasteiger partial charge in [0.25, 0.3) is 0 Å². The van der Waals surface area contributed by atoms with Crippen LogP contribution in [-0.2, 0) is 9.59 Å². The third kappa shape index (κ3) is 3.98. The fourth-order valence-electron chi connectivity index (χ4n) is 1.92. The average molecular weight is 242 g/mol. The molecule has 17 heavy (non-hydrogen) atoms. The number of nitrogens with zero attached hydrogens (tertiary/aromatic N) is 1. The lowest BCUT2D eigenvalue weighted by molar-refractivity contribution is -0.134. The summed E-state index contributed by atoms with van der Waals surface area (Å²) in [6.45, 7) is 4.60. The Kier molecular flexibility index (Phi) is 5.37.